The Labute approximate surface area is 163 Å². The summed E-state index contributed by atoms with van der Waals surface area (Å²) in [5, 5.41) is 17.2. The first-order valence-electron chi connectivity index (χ1n) is 8.96. The van der Waals surface area contributed by atoms with Crippen LogP contribution in [0.2, 0.25) is 0 Å². The molecule has 0 fully saturated rings. The third-order valence-electron chi connectivity index (χ3n) is 4.25. The number of amides is 2. The summed E-state index contributed by atoms with van der Waals surface area (Å²) >= 11 is 0. The molecule has 0 spiro atoms. The molecule has 0 aliphatic carbocycles. The predicted octanol–water partition coefficient (Wildman–Crippen LogP) is 2.43. The fraction of sp³-hybridized carbons (Fsp3) is 0.250. The lowest BCUT2D eigenvalue weighted by Crippen LogP contribution is -2.35. The van der Waals surface area contributed by atoms with Gasteiger partial charge in [0.1, 0.15) is 0 Å². The van der Waals surface area contributed by atoms with Crippen molar-refractivity contribution < 1.29 is 9.59 Å². The van der Waals surface area contributed by atoms with E-state index in [2.05, 4.69) is 26.2 Å². The van der Waals surface area contributed by atoms with Crippen molar-refractivity contribution in [2.75, 3.05) is 5.32 Å². The number of nitrogens with zero attached hydrogens (tertiary/aromatic N) is 4. The molecule has 0 aliphatic rings. The second-order valence-corrected chi connectivity index (χ2v) is 6.63. The van der Waals surface area contributed by atoms with E-state index in [1.807, 2.05) is 38.1 Å². The average molecular weight is 378 g/mol. The smallest absolute Gasteiger partial charge is 0.251 e. The maximum absolute atomic E-state index is 12.4. The lowest BCUT2D eigenvalue weighted by atomic mass is 10.1. The minimum atomic E-state index is -0.306. The molecule has 8 heteroatoms. The van der Waals surface area contributed by atoms with Crippen molar-refractivity contribution in [3.05, 3.63) is 65.5 Å². The summed E-state index contributed by atoms with van der Waals surface area (Å²) in [6, 6.07) is 14.1. The Balaban J connectivity index is 1.62. The molecule has 0 bridgehead atoms. The molecule has 28 heavy (non-hydrogen) atoms. The summed E-state index contributed by atoms with van der Waals surface area (Å²) in [7, 11) is 0. The molecule has 144 valence electrons. The molecule has 0 radical (unpaired) electrons. The van der Waals surface area contributed by atoms with Crippen LogP contribution in [0, 0.1) is 13.8 Å². The zero-order valence-corrected chi connectivity index (χ0v) is 16.0. The van der Waals surface area contributed by atoms with Crippen LogP contribution in [0.1, 0.15) is 35.1 Å². The quantitative estimate of drug-likeness (QED) is 0.686. The minimum absolute atomic E-state index is 0.158. The monoisotopic (exact) mass is 378 g/mol. The standard InChI is InChI=1S/C20H22N6O2/c1-13-9-10-17(12-18(13)26-15(3)23-24-25-26)22-19(27)11-14(2)21-20(28)16-7-5-4-6-8-16/h4-10,12,14H,11H2,1-3H3,(H,21,28)(H,22,27). The lowest BCUT2D eigenvalue weighted by molar-refractivity contribution is -0.116. The fourth-order valence-electron chi connectivity index (χ4n) is 2.81. The van der Waals surface area contributed by atoms with Gasteiger partial charge in [0.2, 0.25) is 5.91 Å². The molecule has 0 saturated heterocycles. The van der Waals surface area contributed by atoms with Crippen molar-refractivity contribution in [2.45, 2.75) is 33.2 Å². The predicted molar refractivity (Wildman–Crippen MR) is 105 cm³/mol. The van der Waals surface area contributed by atoms with E-state index < -0.39 is 0 Å². The SMILES string of the molecule is Cc1ccc(NC(=O)CC(C)NC(=O)c2ccccc2)cc1-n1nnnc1C. The molecule has 1 heterocycles. The molecule has 2 aromatic carbocycles. The van der Waals surface area contributed by atoms with Crippen molar-refractivity contribution >= 4 is 17.5 Å². The van der Waals surface area contributed by atoms with Gasteiger partial charge >= 0.3 is 0 Å². The maximum Gasteiger partial charge on any atom is 0.251 e. The molecule has 3 rings (SSSR count). The van der Waals surface area contributed by atoms with Crippen molar-refractivity contribution in [2.24, 2.45) is 0 Å². The number of anilines is 1. The Morgan fingerprint density at radius 3 is 2.54 bits per heavy atom. The third-order valence-corrected chi connectivity index (χ3v) is 4.25. The minimum Gasteiger partial charge on any atom is -0.349 e. The Bertz CT molecular complexity index is 983. The Kier molecular flexibility index (Phi) is 5.78. The molecule has 3 aromatic rings. The number of aromatic nitrogens is 4. The van der Waals surface area contributed by atoms with Crippen LogP contribution in [0.3, 0.4) is 0 Å². The molecule has 2 N–H and O–H groups in total. The van der Waals surface area contributed by atoms with Crippen LogP contribution in [-0.4, -0.2) is 38.1 Å². The van der Waals surface area contributed by atoms with Crippen LogP contribution in [-0.2, 0) is 4.79 Å². The second-order valence-electron chi connectivity index (χ2n) is 6.63. The van der Waals surface area contributed by atoms with Gasteiger partial charge in [0.15, 0.2) is 5.82 Å². The van der Waals surface area contributed by atoms with Gasteiger partial charge in [0.05, 0.1) is 5.69 Å². The number of nitrogens with one attached hydrogen (secondary N) is 2. The highest BCUT2D eigenvalue weighted by Gasteiger charge is 2.14. The molecule has 2 amide bonds. The summed E-state index contributed by atoms with van der Waals surface area (Å²) in [6.07, 6.45) is 0.158. The van der Waals surface area contributed by atoms with E-state index in [9.17, 15) is 9.59 Å². The topological polar surface area (TPSA) is 102 Å². The number of hydrogen-bond donors (Lipinski definition) is 2. The first-order chi connectivity index (χ1) is 13.4. The molecular weight excluding hydrogens is 356 g/mol. The number of rotatable bonds is 6. The van der Waals surface area contributed by atoms with Gasteiger partial charge in [0.25, 0.3) is 5.91 Å². The van der Waals surface area contributed by atoms with Gasteiger partial charge in [-0.3, -0.25) is 9.59 Å². The number of hydrogen-bond acceptors (Lipinski definition) is 5. The summed E-state index contributed by atoms with van der Waals surface area (Å²) in [5.74, 6) is 0.264. The average Bonchev–Trinajstić information content (AvgIpc) is 3.09. The normalized spacial score (nSPS) is 11.7. The van der Waals surface area contributed by atoms with Crippen molar-refractivity contribution in [1.29, 1.82) is 0 Å². The lowest BCUT2D eigenvalue weighted by Gasteiger charge is -2.15. The van der Waals surface area contributed by atoms with Crippen molar-refractivity contribution in [3.8, 4) is 5.69 Å². The van der Waals surface area contributed by atoms with E-state index >= 15 is 0 Å². The summed E-state index contributed by atoms with van der Waals surface area (Å²) in [4.78, 5) is 24.6. The van der Waals surface area contributed by atoms with Crippen molar-refractivity contribution in [1.82, 2.24) is 25.5 Å². The molecule has 8 nitrogen and oxygen atoms in total. The zero-order chi connectivity index (χ0) is 20.1. The van der Waals surface area contributed by atoms with E-state index in [0.29, 0.717) is 17.1 Å². The Hall–Kier alpha value is -3.55. The zero-order valence-electron chi connectivity index (χ0n) is 16.0. The van der Waals surface area contributed by atoms with Crippen molar-refractivity contribution in [3.63, 3.8) is 0 Å². The number of carbonyl (C=O) groups is 2. The highest BCUT2D eigenvalue weighted by molar-refractivity contribution is 5.95. The number of carbonyl (C=O) groups excluding carboxylic acids is 2. The van der Waals surface area contributed by atoms with Gasteiger partial charge in [0, 0.05) is 23.7 Å². The molecule has 0 aliphatic heterocycles. The highest BCUT2D eigenvalue weighted by atomic mass is 16.2. The number of tetrazole rings is 1. The van der Waals surface area contributed by atoms with Crippen LogP contribution < -0.4 is 10.6 Å². The molecular formula is C20H22N6O2. The molecule has 0 saturated carbocycles. The van der Waals surface area contributed by atoms with Crippen LogP contribution in [0.4, 0.5) is 5.69 Å². The van der Waals surface area contributed by atoms with E-state index in [0.717, 1.165) is 11.3 Å². The summed E-state index contributed by atoms with van der Waals surface area (Å²) in [5.41, 5.74) is 2.99. The largest absolute Gasteiger partial charge is 0.349 e. The second kappa shape index (κ2) is 8.43. The van der Waals surface area contributed by atoms with E-state index in [-0.39, 0.29) is 24.3 Å². The van der Waals surface area contributed by atoms with Gasteiger partial charge in [-0.15, -0.1) is 5.10 Å². The maximum atomic E-state index is 12.4. The van der Waals surface area contributed by atoms with E-state index in [1.165, 1.54) is 0 Å². The van der Waals surface area contributed by atoms with Gasteiger partial charge in [-0.1, -0.05) is 24.3 Å². The van der Waals surface area contributed by atoms with Crippen LogP contribution in [0.5, 0.6) is 0 Å². The third kappa shape index (κ3) is 4.59. The van der Waals surface area contributed by atoms with Crippen LogP contribution >= 0.6 is 0 Å². The van der Waals surface area contributed by atoms with Crippen LogP contribution in [0.15, 0.2) is 48.5 Å². The Morgan fingerprint density at radius 1 is 1.11 bits per heavy atom. The fourth-order valence-corrected chi connectivity index (χ4v) is 2.81. The van der Waals surface area contributed by atoms with Gasteiger partial charge in [-0.05, 0) is 61.0 Å². The van der Waals surface area contributed by atoms with Gasteiger partial charge in [-0.2, -0.15) is 4.68 Å². The van der Waals surface area contributed by atoms with Gasteiger partial charge < -0.3 is 10.6 Å². The summed E-state index contributed by atoms with van der Waals surface area (Å²) in [6.45, 7) is 5.55. The van der Waals surface area contributed by atoms with E-state index in [4.69, 9.17) is 0 Å². The molecule has 1 unspecified atom stereocenters. The highest BCUT2D eigenvalue weighted by Crippen LogP contribution is 2.19. The first-order valence-corrected chi connectivity index (χ1v) is 8.96. The summed E-state index contributed by atoms with van der Waals surface area (Å²) < 4.78 is 1.62. The first kappa shape index (κ1) is 19.2. The number of benzene rings is 2. The molecule has 1 atom stereocenters. The van der Waals surface area contributed by atoms with Gasteiger partial charge in [-0.25, -0.2) is 0 Å². The molecule has 1 aromatic heterocycles. The number of aryl methyl sites for hydroxylation is 2. The van der Waals surface area contributed by atoms with Crippen LogP contribution in [0.25, 0.3) is 5.69 Å². The Morgan fingerprint density at radius 2 is 1.86 bits per heavy atom. The van der Waals surface area contributed by atoms with E-state index in [1.54, 1.807) is 35.9 Å².